The van der Waals surface area contributed by atoms with Gasteiger partial charge in [0, 0.05) is 5.56 Å². The van der Waals surface area contributed by atoms with E-state index < -0.39 is 0 Å². The van der Waals surface area contributed by atoms with Crippen LogP contribution in [0.15, 0.2) is 41.6 Å². The molecule has 1 aromatic carbocycles. The first kappa shape index (κ1) is 12.4. The molecule has 0 saturated heterocycles. The molecule has 5 nitrogen and oxygen atoms in total. The third kappa shape index (κ3) is 3.21. The van der Waals surface area contributed by atoms with E-state index in [-0.39, 0.29) is 5.78 Å². The normalized spacial score (nSPS) is 10.2. The number of anilines is 2. The summed E-state index contributed by atoms with van der Waals surface area (Å²) in [5.74, 6) is 1.30. The van der Waals surface area contributed by atoms with E-state index in [9.17, 15) is 4.79 Å². The molecule has 2 aromatic rings. The minimum atomic E-state index is 0.0587. The number of carbonyl (C=O) groups excluding carboxylic acids is 1. The van der Waals surface area contributed by atoms with Gasteiger partial charge in [0.25, 0.3) is 0 Å². The van der Waals surface area contributed by atoms with Gasteiger partial charge in [-0.1, -0.05) is 30.3 Å². The van der Waals surface area contributed by atoms with E-state index in [1.165, 1.54) is 11.8 Å². The van der Waals surface area contributed by atoms with Crippen LogP contribution in [0.4, 0.5) is 11.6 Å². The highest BCUT2D eigenvalue weighted by atomic mass is 32.2. The Labute approximate surface area is 109 Å². The molecule has 2 rings (SSSR count). The Morgan fingerprint density at radius 3 is 2.33 bits per heavy atom. The first-order chi connectivity index (χ1) is 8.65. The quantitative estimate of drug-likeness (QED) is 0.475. The molecule has 0 atom stereocenters. The van der Waals surface area contributed by atoms with Crippen molar-refractivity contribution in [2.24, 2.45) is 0 Å². The van der Waals surface area contributed by atoms with Crippen molar-refractivity contribution in [3.63, 3.8) is 0 Å². The molecule has 0 aliphatic heterocycles. The van der Waals surface area contributed by atoms with Crippen LogP contribution >= 0.6 is 11.8 Å². The van der Waals surface area contributed by atoms with Crippen molar-refractivity contribution in [2.45, 2.75) is 5.16 Å². The van der Waals surface area contributed by atoms with Gasteiger partial charge in [0.2, 0.25) is 5.82 Å². The van der Waals surface area contributed by atoms with Crippen LogP contribution in [-0.4, -0.2) is 11.5 Å². The van der Waals surface area contributed by atoms with Crippen LogP contribution in [0.3, 0.4) is 0 Å². The summed E-state index contributed by atoms with van der Waals surface area (Å²) >= 11 is 1.33. The Balaban J connectivity index is 2.02. The number of H-pyrrole nitrogens is 2. The molecule has 6 N–H and O–H groups in total. The van der Waals surface area contributed by atoms with Gasteiger partial charge in [0.05, 0.1) is 5.75 Å². The Morgan fingerprint density at radius 2 is 1.72 bits per heavy atom. The Kier molecular flexibility index (Phi) is 3.78. The summed E-state index contributed by atoms with van der Waals surface area (Å²) < 4.78 is 0. The average molecular weight is 262 g/mol. The molecular weight excluding hydrogens is 248 g/mol. The molecule has 0 spiro atoms. The fraction of sp³-hybridized carbons (Fsp3) is 0.0833. The summed E-state index contributed by atoms with van der Waals surface area (Å²) in [6, 6.07) is 10.7. The molecule has 0 bridgehead atoms. The highest BCUT2D eigenvalue weighted by molar-refractivity contribution is 7.99. The fourth-order valence-corrected chi connectivity index (χ4v) is 2.27. The van der Waals surface area contributed by atoms with E-state index >= 15 is 0 Å². The summed E-state index contributed by atoms with van der Waals surface area (Å²) in [6.45, 7) is 0. The Hall–Kier alpha value is -2.08. The molecule has 1 heterocycles. The van der Waals surface area contributed by atoms with Gasteiger partial charge in [-0.3, -0.25) is 10.5 Å². The predicted octanol–water partition coefficient (Wildman–Crippen LogP) is 0.454. The molecule has 92 valence electrons. The number of benzene rings is 1. The first-order valence-corrected chi connectivity index (χ1v) is 6.35. The fourth-order valence-electron chi connectivity index (χ4n) is 1.45. The number of rotatable bonds is 4. The molecule has 0 radical (unpaired) electrons. The lowest BCUT2D eigenvalue weighted by molar-refractivity contribution is -0.590. The monoisotopic (exact) mass is 262 g/mol. The zero-order valence-electron chi connectivity index (χ0n) is 9.64. The molecule has 0 aliphatic rings. The minimum Gasteiger partial charge on any atom is -0.359 e. The molecule has 0 saturated carbocycles. The number of Topliss-reactive ketones (excluding diaryl/α,β-unsaturated/α-hetero) is 1. The van der Waals surface area contributed by atoms with Gasteiger partial charge < -0.3 is 5.73 Å². The lowest BCUT2D eigenvalue weighted by atomic mass is 10.2. The van der Waals surface area contributed by atoms with Crippen molar-refractivity contribution in [2.75, 3.05) is 17.2 Å². The van der Waals surface area contributed by atoms with Gasteiger partial charge in [-0.25, -0.2) is 0 Å². The second-order valence-corrected chi connectivity index (χ2v) is 4.70. The maximum Gasteiger partial charge on any atom is 0.374 e. The van der Waals surface area contributed by atoms with E-state index in [0.29, 0.717) is 28.1 Å². The molecule has 1 aromatic heterocycles. The van der Waals surface area contributed by atoms with Gasteiger partial charge in [-0.2, -0.15) is 9.97 Å². The maximum atomic E-state index is 11.9. The number of aromatic amines is 2. The Morgan fingerprint density at radius 1 is 1.11 bits per heavy atom. The molecule has 0 unspecified atom stereocenters. The second-order valence-electron chi connectivity index (χ2n) is 3.71. The van der Waals surface area contributed by atoms with Crippen molar-refractivity contribution >= 4 is 29.2 Å². The number of nitrogen functional groups attached to an aromatic ring is 2. The van der Waals surface area contributed by atoms with E-state index in [1.807, 2.05) is 18.2 Å². The molecule has 0 fully saturated rings. The summed E-state index contributed by atoms with van der Waals surface area (Å²) in [4.78, 5) is 17.7. The number of nitrogens with one attached hydrogen (secondary N) is 2. The molecular formula is C12H14N4OS+2. The second kappa shape index (κ2) is 5.50. The van der Waals surface area contributed by atoms with Crippen LogP contribution in [0.25, 0.3) is 0 Å². The van der Waals surface area contributed by atoms with Crippen molar-refractivity contribution < 1.29 is 14.8 Å². The van der Waals surface area contributed by atoms with E-state index in [2.05, 4.69) is 9.97 Å². The van der Waals surface area contributed by atoms with E-state index in [4.69, 9.17) is 11.5 Å². The summed E-state index contributed by atoms with van der Waals surface area (Å²) in [5, 5.41) is 0.664. The van der Waals surface area contributed by atoms with Crippen molar-refractivity contribution in [3.8, 4) is 0 Å². The van der Waals surface area contributed by atoms with Gasteiger partial charge in [0.1, 0.15) is 6.07 Å². The van der Waals surface area contributed by atoms with Crippen LogP contribution in [-0.2, 0) is 0 Å². The smallest absolute Gasteiger partial charge is 0.359 e. The van der Waals surface area contributed by atoms with Crippen LogP contribution in [0, 0.1) is 0 Å². The van der Waals surface area contributed by atoms with Crippen molar-refractivity contribution in [1.29, 1.82) is 0 Å². The lowest BCUT2D eigenvalue weighted by Gasteiger charge is -1.97. The highest BCUT2D eigenvalue weighted by Crippen LogP contribution is 2.12. The third-order valence-electron chi connectivity index (χ3n) is 2.27. The van der Waals surface area contributed by atoms with Gasteiger partial charge >= 0.3 is 11.0 Å². The summed E-state index contributed by atoms with van der Waals surface area (Å²) in [5.41, 5.74) is 11.9. The molecule has 0 amide bonds. The van der Waals surface area contributed by atoms with Gasteiger partial charge in [0.15, 0.2) is 5.78 Å². The zero-order chi connectivity index (χ0) is 13.0. The number of ketones is 1. The molecule has 6 heteroatoms. The standard InChI is InChI=1S/C12H12N4OS/c13-10-6-11(14)16-12(15-10)18-7-9(17)8-4-2-1-3-5-8/h1-6H,7H2,(H4,13,14,15,16)/p+2. The number of nitrogens with two attached hydrogens (primary N) is 2. The van der Waals surface area contributed by atoms with Crippen molar-refractivity contribution in [3.05, 3.63) is 42.0 Å². The lowest BCUT2D eigenvalue weighted by Crippen LogP contribution is -2.27. The van der Waals surface area contributed by atoms with Crippen LogP contribution in [0.1, 0.15) is 10.4 Å². The molecule has 0 aliphatic carbocycles. The highest BCUT2D eigenvalue weighted by Gasteiger charge is 2.14. The van der Waals surface area contributed by atoms with Crippen LogP contribution in [0.2, 0.25) is 0 Å². The number of thioether (sulfide) groups is 1. The number of aromatic nitrogens is 2. The van der Waals surface area contributed by atoms with Crippen molar-refractivity contribution in [1.82, 2.24) is 0 Å². The van der Waals surface area contributed by atoms with E-state index in [1.54, 1.807) is 18.2 Å². The zero-order valence-corrected chi connectivity index (χ0v) is 10.5. The topological polar surface area (TPSA) is 97.4 Å². The van der Waals surface area contributed by atoms with Crippen LogP contribution in [0.5, 0.6) is 0 Å². The number of hydrogen-bond acceptors (Lipinski definition) is 4. The van der Waals surface area contributed by atoms with Gasteiger partial charge in [-0.05, 0) is 11.8 Å². The van der Waals surface area contributed by atoms with Crippen LogP contribution < -0.4 is 21.4 Å². The minimum absolute atomic E-state index is 0.0587. The van der Waals surface area contributed by atoms with Gasteiger partial charge in [-0.15, -0.1) is 0 Å². The molecule has 18 heavy (non-hydrogen) atoms. The maximum absolute atomic E-state index is 11.9. The predicted molar refractivity (Wildman–Crippen MR) is 69.9 cm³/mol. The summed E-state index contributed by atoms with van der Waals surface area (Å²) in [7, 11) is 0. The number of carbonyl (C=O) groups is 1. The van der Waals surface area contributed by atoms with E-state index in [0.717, 1.165) is 0 Å². The third-order valence-corrected chi connectivity index (χ3v) is 3.17. The number of hydrogen-bond donors (Lipinski definition) is 2. The largest absolute Gasteiger partial charge is 0.374 e. The Bertz CT molecular complexity index is 539. The average Bonchev–Trinajstić information content (AvgIpc) is 2.36. The SMILES string of the molecule is Nc1cc(N)[nH+]c(SCC(=O)c2ccccc2)[nH+]1. The first-order valence-electron chi connectivity index (χ1n) is 5.37. The summed E-state index contributed by atoms with van der Waals surface area (Å²) in [6.07, 6.45) is 0.